The molecular formula is C14H20F2N2O3. The zero-order valence-electron chi connectivity index (χ0n) is 12.7. The summed E-state index contributed by atoms with van der Waals surface area (Å²) in [6.45, 7) is 5.81. The van der Waals surface area contributed by atoms with Gasteiger partial charge in [0.15, 0.2) is 5.75 Å². The third-order valence-electron chi connectivity index (χ3n) is 2.19. The molecule has 21 heavy (non-hydrogen) atoms. The van der Waals surface area contributed by atoms with E-state index in [0.717, 1.165) is 0 Å². The molecule has 0 fully saturated rings. The molecule has 0 heterocycles. The highest BCUT2D eigenvalue weighted by atomic mass is 19.3. The van der Waals surface area contributed by atoms with Crippen molar-refractivity contribution in [3.8, 4) is 5.75 Å². The van der Waals surface area contributed by atoms with Crippen molar-refractivity contribution in [3.05, 3.63) is 18.2 Å². The van der Waals surface area contributed by atoms with Crippen molar-refractivity contribution < 1.29 is 23.0 Å². The van der Waals surface area contributed by atoms with Crippen LogP contribution in [0.2, 0.25) is 0 Å². The van der Waals surface area contributed by atoms with Gasteiger partial charge < -0.3 is 14.8 Å². The van der Waals surface area contributed by atoms with E-state index in [0.29, 0.717) is 18.3 Å². The van der Waals surface area contributed by atoms with Crippen LogP contribution in [-0.2, 0) is 4.74 Å². The van der Waals surface area contributed by atoms with Gasteiger partial charge in [-0.05, 0) is 32.9 Å². The number of ether oxygens (including phenoxy) is 2. The third kappa shape index (κ3) is 6.29. The standard InChI is InChI=1S/C14H20F2N2O3/c1-13(2,3)21-12(19)18-9-6-7-10(17-5)11(8-9)20-14(4,15)16/h6-8,17H,1-5H3,(H,18,19). The van der Waals surface area contributed by atoms with E-state index >= 15 is 0 Å². The quantitative estimate of drug-likeness (QED) is 0.880. The number of benzene rings is 1. The van der Waals surface area contributed by atoms with E-state index in [9.17, 15) is 13.6 Å². The first kappa shape index (κ1) is 17.0. The lowest BCUT2D eigenvalue weighted by Crippen LogP contribution is -2.27. The zero-order chi connectivity index (χ0) is 16.3. The van der Waals surface area contributed by atoms with Crippen LogP contribution in [0.15, 0.2) is 18.2 Å². The number of hydrogen-bond acceptors (Lipinski definition) is 4. The van der Waals surface area contributed by atoms with Crippen LogP contribution in [-0.4, -0.2) is 24.9 Å². The lowest BCUT2D eigenvalue weighted by Gasteiger charge is -2.20. The van der Waals surface area contributed by atoms with Crippen molar-refractivity contribution >= 4 is 17.5 Å². The summed E-state index contributed by atoms with van der Waals surface area (Å²) >= 11 is 0. The molecule has 7 heteroatoms. The Morgan fingerprint density at radius 2 is 1.81 bits per heavy atom. The van der Waals surface area contributed by atoms with E-state index in [2.05, 4.69) is 15.4 Å². The molecule has 118 valence electrons. The normalized spacial score (nSPS) is 11.8. The SMILES string of the molecule is CNc1ccc(NC(=O)OC(C)(C)C)cc1OC(C)(F)F. The molecule has 1 aromatic carbocycles. The Bertz CT molecular complexity index is 508. The van der Waals surface area contributed by atoms with E-state index in [4.69, 9.17) is 4.74 Å². The Labute approximate surface area is 122 Å². The molecule has 0 bridgehead atoms. The van der Waals surface area contributed by atoms with Crippen LogP contribution in [0.5, 0.6) is 5.75 Å². The molecule has 1 amide bonds. The van der Waals surface area contributed by atoms with Crippen molar-refractivity contribution in [3.63, 3.8) is 0 Å². The van der Waals surface area contributed by atoms with Crippen LogP contribution in [0.25, 0.3) is 0 Å². The largest absolute Gasteiger partial charge is 0.444 e. The van der Waals surface area contributed by atoms with E-state index in [1.165, 1.54) is 12.1 Å². The van der Waals surface area contributed by atoms with Crippen molar-refractivity contribution in [1.82, 2.24) is 0 Å². The molecule has 1 rings (SSSR count). The van der Waals surface area contributed by atoms with Gasteiger partial charge in [-0.15, -0.1) is 0 Å². The second-order valence-corrected chi connectivity index (χ2v) is 5.50. The number of alkyl halides is 2. The number of hydrogen-bond donors (Lipinski definition) is 2. The minimum Gasteiger partial charge on any atom is -0.444 e. The number of carbonyl (C=O) groups excluding carboxylic acids is 1. The highest BCUT2D eigenvalue weighted by Gasteiger charge is 2.25. The van der Waals surface area contributed by atoms with Crippen LogP contribution in [0.1, 0.15) is 27.7 Å². The lowest BCUT2D eigenvalue weighted by molar-refractivity contribution is -0.158. The minimum atomic E-state index is -3.32. The fourth-order valence-electron chi connectivity index (χ4n) is 1.51. The van der Waals surface area contributed by atoms with Crippen LogP contribution < -0.4 is 15.4 Å². The molecule has 0 saturated carbocycles. The molecule has 0 radical (unpaired) electrons. The molecule has 0 aromatic heterocycles. The first-order valence-electron chi connectivity index (χ1n) is 6.39. The summed E-state index contributed by atoms with van der Waals surface area (Å²) in [5.74, 6) is -0.0708. The summed E-state index contributed by atoms with van der Waals surface area (Å²) < 4.78 is 35.6. The number of anilines is 2. The summed E-state index contributed by atoms with van der Waals surface area (Å²) in [6, 6.07) is 4.37. The van der Waals surface area contributed by atoms with Crippen LogP contribution in [0.4, 0.5) is 25.0 Å². The fourth-order valence-corrected chi connectivity index (χ4v) is 1.51. The molecule has 0 aliphatic heterocycles. The van der Waals surface area contributed by atoms with E-state index in [1.54, 1.807) is 33.9 Å². The van der Waals surface area contributed by atoms with Gasteiger partial charge >= 0.3 is 12.2 Å². The predicted octanol–water partition coefficient (Wildman–Crippen LogP) is 4.07. The number of amides is 1. The number of rotatable bonds is 4. The maximum Gasteiger partial charge on any atom is 0.412 e. The van der Waals surface area contributed by atoms with Crippen molar-refractivity contribution in [2.75, 3.05) is 17.7 Å². The van der Waals surface area contributed by atoms with Crippen molar-refractivity contribution in [2.24, 2.45) is 0 Å². The van der Waals surface area contributed by atoms with E-state index in [-0.39, 0.29) is 5.75 Å². The van der Waals surface area contributed by atoms with Gasteiger partial charge in [-0.25, -0.2) is 4.79 Å². The predicted molar refractivity (Wildman–Crippen MR) is 77.1 cm³/mol. The lowest BCUT2D eigenvalue weighted by atomic mass is 10.2. The topological polar surface area (TPSA) is 59.6 Å². The smallest absolute Gasteiger partial charge is 0.412 e. The maximum absolute atomic E-state index is 13.0. The second kappa shape index (κ2) is 6.15. The Hall–Kier alpha value is -2.05. The third-order valence-corrected chi connectivity index (χ3v) is 2.19. The highest BCUT2D eigenvalue weighted by Crippen LogP contribution is 2.32. The van der Waals surface area contributed by atoms with Crippen LogP contribution >= 0.6 is 0 Å². The minimum absolute atomic E-state index is 0.0708. The Morgan fingerprint density at radius 3 is 2.29 bits per heavy atom. The Kier molecular flexibility index (Phi) is 4.98. The maximum atomic E-state index is 13.0. The average molecular weight is 302 g/mol. The van der Waals surface area contributed by atoms with Gasteiger partial charge in [-0.2, -0.15) is 8.78 Å². The average Bonchev–Trinajstić information content (AvgIpc) is 2.24. The molecule has 0 spiro atoms. The van der Waals surface area contributed by atoms with Crippen molar-refractivity contribution in [1.29, 1.82) is 0 Å². The molecular weight excluding hydrogens is 282 g/mol. The molecule has 0 aliphatic carbocycles. The first-order valence-corrected chi connectivity index (χ1v) is 6.39. The van der Waals surface area contributed by atoms with Crippen LogP contribution in [0.3, 0.4) is 0 Å². The van der Waals surface area contributed by atoms with Crippen LogP contribution in [0, 0.1) is 0 Å². The van der Waals surface area contributed by atoms with Gasteiger partial charge in [0.25, 0.3) is 0 Å². The first-order chi connectivity index (χ1) is 9.50. The van der Waals surface area contributed by atoms with Gasteiger partial charge in [0.2, 0.25) is 0 Å². The Morgan fingerprint density at radius 1 is 1.19 bits per heavy atom. The zero-order valence-corrected chi connectivity index (χ0v) is 12.7. The second-order valence-electron chi connectivity index (χ2n) is 5.50. The van der Waals surface area contributed by atoms with Gasteiger partial charge in [0.1, 0.15) is 5.60 Å². The summed E-state index contributed by atoms with van der Waals surface area (Å²) in [4.78, 5) is 11.6. The Balaban J connectivity index is 2.90. The van der Waals surface area contributed by atoms with Crippen molar-refractivity contribution in [2.45, 2.75) is 39.4 Å². The molecule has 0 unspecified atom stereocenters. The molecule has 0 atom stereocenters. The highest BCUT2D eigenvalue weighted by molar-refractivity contribution is 5.86. The van der Waals surface area contributed by atoms with E-state index < -0.39 is 17.8 Å². The monoisotopic (exact) mass is 302 g/mol. The van der Waals surface area contributed by atoms with Gasteiger partial charge in [0, 0.05) is 25.7 Å². The summed E-state index contributed by atoms with van der Waals surface area (Å²) in [6.07, 6.45) is -4.00. The molecule has 5 nitrogen and oxygen atoms in total. The summed E-state index contributed by atoms with van der Waals surface area (Å²) in [5.41, 5.74) is 0.0267. The van der Waals surface area contributed by atoms with Gasteiger partial charge in [-0.3, -0.25) is 5.32 Å². The molecule has 0 saturated heterocycles. The molecule has 1 aromatic rings. The van der Waals surface area contributed by atoms with Gasteiger partial charge in [0.05, 0.1) is 5.69 Å². The summed E-state index contributed by atoms with van der Waals surface area (Å²) in [5, 5.41) is 5.20. The number of carbonyl (C=O) groups is 1. The van der Waals surface area contributed by atoms with E-state index in [1.807, 2.05) is 0 Å². The number of halogens is 2. The molecule has 2 N–H and O–H groups in total. The number of nitrogens with one attached hydrogen (secondary N) is 2. The van der Waals surface area contributed by atoms with Gasteiger partial charge in [-0.1, -0.05) is 0 Å². The summed E-state index contributed by atoms with van der Waals surface area (Å²) in [7, 11) is 1.58. The fraction of sp³-hybridized carbons (Fsp3) is 0.500. The molecule has 0 aliphatic rings.